The summed E-state index contributed by atoms with van der Waals surface area (Å²) in [5.74, 6) is -1.67. The Morgan fingerprint density at radius 3 is 2.93 bits per heavy atom. The first kappa shape index (κ1) is 18.0. The van der Waals surface area contributed by atoms with E-state index >= 15 is 0 Å². The number of nitrogen functional groups attached to an aromatic ring is 1. The minimum atomic E-state index is -4.71. The highest BCUT2D eigenvalue weighted by Crippen LogP contribution is 2.28. The van der Waals surface area contributed by atoms with E-state index in [2.05, 4.69) is 30.2 Å². The van der Waals surface area contributed by atoms with Crippen molar-refractivity contribution in [1.29, 1.82) is 0 Å². The fourth-order valence-corrected chi connectivity index (χ4v) is 3.53. The number of nitrogens with zero attached hydrogens (tertiary/aromatic N) is 7. The molecular weight excluding hydrogens is 385 g/mol. The van der Waals surface area contributed by atoms with Crippen LogP contribution < -0.4 is 5.73 Å². The first-order valence-electron chi connectivity index (χ1n) is 8.06. The van der Waals surface area contributed by atoms with Crippen LogP contribution in [0.3, 0.4) is 0 Å². The molecule has 1 aliphatic heterocycles. The van der Waals surface area contributed by atoms with Crippen LogP contribution in [0, 0.1) is 0 Å². The molecule has 1 saturated heterocycles. The molecule has 1 fully saturated rings. The summed E-state index contributed by atoms with van der Waals surface area (Å²) in [6, 6.07) is 0. The Hall–Kier alpha value is -2.38. The summed E-state index contributed by atoms with van der Waals surface area (Å²) in [4.78, 5) is 13.3. The number of nitrogens with two attached hydrogens (primary N) is 1. The molecule has 1 atom stereocenters. The lowest BCUT2D eigenvalue weighted by Crippen LogP contribution is -2.43. The van der Waals surface area contributed by atoms with Crippen LogP contribution >= 0.6 is 11.3 Å². The van der Waals surface area contributed by atoms with Crippen molar-refractivity contribution in [3.8, 4) is 0 Å². The average Bonchev–Trinajstić information content (AvgIpc) is 3.25. The number of ether oxygens (including phenoxy) is 1. The molecule has 1 aliphatic rings. The van der Waals surface area contributed by atoms with E-state index in [1.165, 1.54) is 4.68 Å². The van der Waals surface area contributed by atoms with E-state index in [9.17, 15) is 13.2 Å². The average molecular weight is 400 g/mol. The van der Waals surface area contributed by atoms with Crippen molar-refractivity contribution in [2.24, 2.45) is 0 Å². The van der Waals surface area contributed by atoms with Crippen LogP contribution in [-0.4, -0.2) is 60.6 Å². The summed E-state index contributed by atoms with van der Waals surface area (Å²) in [5.41, 5.74) is 5.57. The van der Waals surface area contributed by atoms with Crippen molar-refractivity contribution in [2.75, 3.05) is 25.4 Å². The number of alkyl halides is 3. The first-order valence-corrected chi connectivity index (χ1v) is 8.94. The second-order valence-corrected chi connectivity index (χ2v) is 7.01. The maximum atomic E-state index is 13.0. The smallest absolute Gasteiger partial charge is 0.382 e. The van der Waals surface area contributed by atoms with Gasteiger partial charge >= 0.3 is 6.18 Å². The molecule has 0 bridgehead atoms. The monoisotopic (exact) mass is 400 g/mol. The maximum absolute atomic E-state index is 13.0. The van der Waals surface area contributed by atoms with Crippen LogP contribution in [0.15, 0.2) is 11.6 Å². The predicted molar refractivity (Wildman–Crippen MR) is 89.7 cm³/mol. The Bertz CT molecular complexity index is 928. The third kappa shape index (κ3) is 3.84. The second-order valence-electron chi connectivity index (χ2n) is 6.03. The molecule has 0 saturated carbocycles. The highest BCUT2D eigenvalue weighted by molar-refractivity contribution is 7.09. The van der Waals surface area contributed by atoms with Gasteiger partial charge in [-0.15, -0.1) is 16.4 Å². The number of hydrogen-bond acceptors (Lipinski definition) is 9. The molecule has 2 N–H and O–H groups in total. The van der Waals surface area contributed by atoms with Gasteiger partial charge in [0, 0.05) is 24.7 Å². The molecule has 0 aromatic carbocycles. The lowest BCUT2D eigenvalue weighted by molar-refractivity contribution is -0.144. The molecule has 0 radical (unpaired) electrons. The number of halogens is 3. The van der Waals surface area contributed by atoms with E-state index < -0.39 is 12.0 Å². The van der Waals surface area contributed by atoms with Gasteiger partial charge in [0.1, 0.15) is 5.01 Å². The van der Waals surface area contributed by atoms with Crippen molar-refractivity contribution in [2.45, 2.75) is 25.4 Å². The third-order valence-electron chi connectivity index (χ3n) is 4.09. The SMILES string of the molecule is Nc1nc(C(F)(F)F)nc2c1nnn2CC1CN(Cc2nccs2)CCO1. The van der Waals surface area contributed by atoms with E-state index in [1.54, 1.807) is 17.5 Å². The lowest BCUT2D eigenvalue weighted by atomic mass is 10.2. The number of hydrogen-bond donors (Lipinski definition) is 1. The van der Waals surface area contributed by atoms with E-state index in [-0.39, 0.29) is 29.6 Å². The van der Waals surface area contributed by atoms with Gasteiger partial charge in [0.05, 0.1) is 25.8 Å². The van der Waals surface area contributed by atoms with Crippen molar-refractivity contribution in [3.63, 3.8) is 0 Å². The first-order chi connectivity index (χ1) is 12.9. The molecular formula is C14H15F3N8OS. The quantitative estimate of drug-likeness (QED) is 0.696. The Labute approximate surface area is 155 Å². The van der Waals surface area contributed by atoms with Gasteiger partial charge < -0.3 is 10.5 Å². The molecule has 4 heterocycles. The molecule has 9 nitrogen and oxygen atoms in total. The van der Waals surface area contributed by atoms with E-state index in [1.807, 2.05) is 5.38 Å². The number of fused-ring (bicyclic) bond motifs is 1. The summed E-state index contributed by atoms with van der Waals surface area (Å²) < 4.78 is 45.9. The Morgan fingerprint density at radius 1 is 1.33 bits per heavy atom. The summed E-state index contributed by atoms with van der Waals surface area (Å²) in [6.07, 6.45) is -3.22. The largest absolute Gasteiger partial charge is 0.451 e. The van der Waals surface area contributed by atoms with Crippen LogP contribution in [0.4, 0.5) is 19.0 Å². The maximum Gasteiger partial charge on any atom is 0.451 e. The molecule has 4 rings (SSSR count). The molecule has 144 valence electrons. The zero-order chi connectivity index (χ0) is 19.0. The minimum absolute atomic E-state index is 0.0402. The number of thiazole rings is 1. The zero-order valence-corrected chi connectivity index (χ0v) is 14.7. The van der Waals surface area contributed by atoms with E-state index in [4.69, 9.17) is 10.5 Å². The summed E-state index contributed by atoms with van der Waals surface area (Å²) >= 11 is 1.57. The molecule has 3 aromatic heterocycles. The van der Waals surface area contributed by atoms with Crippen LogP contribution in [0.2, 0.25) is 0 Å². The Kier molecular flexibility index (Phi) is 4.65. The summed E-state index contributed by atoms with van der Waals surface area (Å²) in [5, 5.41) is 10.6. The van der Waals surface area contributed by atoms with E-state index in [0.29, 0.717) is 19.7 Å². The normalized spacial score (nSPS) is 19.0. The van der Waals surface area contributed by atoms with Crippen LogP contribution in [0.5, 0.6) is 0 Å². The van der Waals surface area contributed by atoms with Gasteiger partial charge in [0.2, 0.25) is 5.82 Å². The minimum Gasteiger partial charge on any atom is -0.382 e. The highest BCUT2D eigenvalue weighted by atomic mass is 32.1. The van der Waals surface area contributed by atoms with Gasteiger partial charge in [-0.2, -0.15) is 13.2 Å². The third-order valence-corrected chi connectivity index (χ3v) is 4.85. The molecule has 13 heteroatoms. The Balaban J connectivity index is 1.53. The predicted octanol–water partition coefficient (Wildman–Crippen LogP) is 1.18. The summed E-state index contributed by atoms with van der Waals surface area (Å²) in [6.45, 7) is 2.75. The van der Waals surface area contributed by atoms with Crippen LogP contribution in [-0.2, 0) is 24.0 Å². The fraction of sp³-hybridized carbons (Fsp3) is 0.500. The Morgan fingerprint density at radius 2 is 2.19 bits per heavy atom. The number of rotatable bonds is 4. The summed E-state index contributed by atoms with van der Waals surface area (Å²) in [7, 11) is 0. The lowest BCUT2D eigenvalue weighted by Gasteiger charge is -2.32. The zero-order valence-electron chi connectivity index (χ0n) is 13.9. The molecule has 0 amide bonds. The second kappa shape index (κ2) is 6.98. The topological polar surface area (TPSA) is 108 Å². The van der Waals surface area contributed by atoms with Crippen LogP contribution in [0.1, 0.15) is 10.8 Å². The number of morpholine rings is 1. The van der Waals surface area contributed by atoms with Gasteiger partial charge in [0.15, 0.2) is 17.0 Å². The standard InChI is InChI=1S/C14H15F3N8OS/c15-14(16,17)13-20-11(18)10-12(21-13)25(23-22-10)6-8-5-24(2-3-26-8)7-9-19-1-4-27-9/h1,4,8H,2-3,5-7H2,(H2,18,20,21). The number of aromatic nitrogens is 6. The van der Waals surface area contributed by atoms with Crippen LogP contribution in [0.25, 0.3) is 11.2 Å². The van der Waals surface area contributed by atoms with Crippen molar-refractivity contribution in [1.82, 2.24) is 34.8 Å². The van der Waals surface area contributed by atoms with Gasteiger partial charge in [-0.3, -0.25) is 4.90 Å². The van der Waals surface area contributed by atoms with Crippen molar-refractivity contribution >= 4 is 28.3 Å². The molecule has 3 aromatic rings. The highest BCUT2D eigenvalue weighted by Gasteiger charge is 2.36. The molecule has 1 unspecified atom stereocenters. The van der Waals surface area contributed by atoms with Crippen molar-refractivity contribution in [3.05, 3.63) is 22.4 Å². The van der Waals surface area contributed by atoms with Gasteiger partial charge in [-0.1, -0.05) is 5.21 Å². The molecule has 0 spiro atoms. The molecule has 27 heavy (non-hydrogen) atoms. The fourth-order valence-electron chi connectivity index (χ4n) is 2.88. The number of anilines is 1. The molecule has 0 aliphatic carbocycles. The van der Waals surface area contributed by atoms with Gasteiger partial charge in [0.25, 0.3) is 0 Å². The van der Waals surface area contributed by atoms with Crippen molar-refractivity contribution < 1.29 is 17.9 Å². The van der Waals surface area contributed by atoms with E-state index in [0.717, 1.165) is 11.6 Å². The van der Waals surface area contributed by atoms with Gasteiger partial charge in [-0.05, 0) is 0 Å². The van der Waals surface area contributed by atoms with Gasteiger partial charge in [-0.25, -0.2) is 19.6 Å².